The van der Waals surface area contributed by atoms with Crippen LogP contribution < -0.4 is 10.1 Å². The number of fused-ring (bicyclic) bond motifs is 1. The Kier molecular flexibility index (Phi) is 3.46. The molecule has 100 valence electrons. The van der Waals surface area contributed by atoms with Gasteiger partial charge in [0.1, 0.15) is 0 Å². The van der Waals surface area contributed by atoms with Crippen molar-refractivity contribution in [2.45, 2.75) is 6.54 Å². The van der Waals surface area contributed by atoms with Crippen molar-refractivity contribution in [1.29, 1.82) is 0 Å². The maximum Gasteiger partial charge on any atom is 0.168 e. The van der Waals surface area contributed by atoms with Crippen molar-refractivity contribution >= 4 is 16.7 Å². The molecule has 1 N–H and O–H groups in total. The summed E-state index contributed by atoms with van der Waals surface area (Å²) in [6, 6.07) is 13.9. The molecule has 0 radical (unpaired) electrons. The zero-order valence-electron chi connectivity index (χ0n) is 11.2. The molecule has 2 aromatic heterocycles. The van der Waals surface area contributed by atoms with Crippen molar-refractivity contribution in [2.75, 3.05) is 12.4 Å². The highest BCUT2D eigenvalue weighted by Crippen LogP contribution is 2.22. The normalized spacial score (nSPS) is 10.4. The molecule has 1 aromatic carbocycles. The van der Waals surface area contributed by atoms with Gasteiger partial charge in [0, 0.05) is 24.3 Å². The second-order valence-electron chi connectivity index (χ2n) is 4.40. The van der Waals surface area contributed by atoms with Crippen molar-refractivity contribution in [2.24, 2.45) is 0 Å². The second kappa shape index (κ2) is 5.57. The third-order valence-corrected chi connectivity index (χ3v) is 3.15. The van der Waals surface area contributed by atoms with Gasteiger partial charge in [-0.3, -0.25) is 4.98 Å². The van der Waals surface area contributed by atoms with Crippen LogP contribution in [0.15, 0.2) is 54.9 Å². The van der Waals surface area contributed by atoms with Gasteiger partial charge in [0.05, 0.1) is 12.6 Å². The van der Waals surface area contributed by atoms with Gasteiger partial charge in [-0.1, -0.05) is 24.3 Å². The summed E-state index contributed by atoms with van der Waals surface area (Å²) in [6.07, 6.45) is 3.55. The Hall–Kier alpha value is -2.62. The largest absolute Gasteiger partial charge is 0.493 e. The Morgan fingerprint density at radius 1 is 1.00 bits per heavy atom. The molecule has 0 saturated carbocycles. The first-order valence-electron chi connectivity index (χ1n) is 6.44. The summed E-state index contributed by atoms with van der Waals surface area (Å²) in [5, 5.41) is 4.44. The quantitative estimate of drug-likeness (QED) is 0.786. The van der Waals surface area contributed by atoms with Gasteiger partial charge in [0.25, 0.3) is 0 Å². The molecule has 0 atom stereocenters. The number of anilines is 1. The fourth-order valence-electron chi connectivity index (χ4n) is 2.18. The molecule has 0 amide bonds. The lowest BCUT2D eigenvalue weighted by molar-refractivity contribution is 0.415. The minimum atomic E-state index is 0.654. The van der Waals surface area contributed by atoms with Crippen LogP contribution in [0.1, 0.15) is 5.56 Å². The van der Waals surface area contributed by atoms with Crippen molar-refractivity contribution in [3.63, 3.8) is 0 Å². The van der Waals surface area contributed by atoms with Crippen molar-refractivity contribution in [3.05, 3.63) is 60.4 Å². The molecule has 3 aromatic rings. The molecule has 4 heteroatoms. The minimum Gasteiger partial charge on any atom is -0.493 e. The van der Waals surface area contributed by atoms with E-state index in [9.17, 15) is 0 Å². The van der Waals surface area contributed by atoms with Gasteiger partial charge in [0.2, 0.25) is 0 Å². The Morgan fingerprint density at radius 3 is 2.70 bits per heavy atom. The highest BCUT2D eigenvalue weighted by atomic mass is 16.5. The first-order chi connectivity index (χ1) is 9.88. The van der Waals surface area contributed by atoms with Gasteiger partial charge in [-0.2, -0.15) is 0 Å². The molecule has 0 saturated heterocycles. The molecule has 0 aliphatic heterocycles. The van der Waals surface area contributed by atoms with Crippen molar-refractivity contribution in [1.82, 2.24) is 9.97 Å². The lowest BCUT2D eigenvalue weighted by atomic mass is 10.1. The fraction of sp³-hybridized carbons (Fsp3) is 0.125. The van der Waals surface area contributed by atoms with E-state index in [1.165, 1.54) is 0 Å². The first kappa shape index (κ1) is 12.4. The SMILES string of the molecule is COc1cccnc1NCc1cccc2cccnc12. The van der Waals surface area contributed by atoms with E-state index in [1.807, 2.05) is 30.5 Å². The molecular weight excluding hydrogens is 250 g/mol. The van der Waals surface area contributed by atoms with Gasteiger partial charge in [0.15, 0.2) is 11.6 Å². The predicted octanol–water partition coefficient (Wildman–Crippen LogP) is 3.25. The number of methoxy groups -OCH3 is 1. The molecule has 0 aliphatic carbocycles. The zero-order chi connectivity index (χ0) is 13.8. The molecule has 0 aliphatic rings. The van der Waals surface area contributed by atoms with E-state index in [4.69, 9.17) is 4.74 Å². The summed E-state index contributed by atoms with van der Waals surface area (Å²) in [4.78, 5) is 8.73. The fourth-order valence-corrected chi connectivity index (χ4v) is 2.18. The minimum absolute atomic E-state index is 0.654. The molecule has 4 nitrogen and oxygen atoms in total. The van der Waals surface area contributed by atoms with Crippen LogP contribution in [-0.4, -0.2) is 17.1 Å². The number of para-hydroxylation sites is 1. The lowest BCUT2D eigenvalue weighted by Gasteiger charge is -2.10. The Labute approximate surface area is 117 Å². The topological polar surface area (TPSA) is 47.0 Å². The van der Waals surface area contributed by atoms with E-state index in [0.717, 1.165) is 28.0 Å². The number of rotatable bonds is 4. The molecule has 0 unspecified atom stereocenters. The highest BCUT2D eigenvalue weighted by molar-refractivity contribution is 5.81. The summed E-state index contributed by atoms with van der Waals surface area (Å²) in [5.74, 6) is 1.48. The smallest absolute Gasteiger partial charge is 0.168 e. The van der Waals surface area contributed by atoms with Gasteiger partial charge >= 0.3 is 0 Å². The predicted molar refractivity (Wildman–Crippen MR) is 79.9 cm³/mol. The maximum absolute atomic E-state index is 5.28. The van der Waals surface area contributed by atoms with Gasteiger partial charge in [-0.05, 0) is 23.8 Å². The summed E-state index contributed by atoms with van der Waals surface area (Å²) in [7, 11) is 1.64. The standard InChI is InChI=1S/C16H15N3O/c1-20-14-8-4-10-18-16(14)19-11-13-6-2-5-12-7-3-9-17-15(12)13/h2-10H,11H2,1H3,(H,18,19). The van der Waals surface area contributed by atoms with Crippen LogP contribution in [-0.2, 0) is 6.54 Å². The Balaban J connectivity index is 1.87. The van der Waals surface area contributed by atoms with E-state index < -0.39 is 0 Å². The van der Waals surface area contributed by atoms with Crippen LogP contribution in [0.3, 0.4) is 0 Å². The molecule has 2 heterocycles. The maximum atomic E-state index is 5.28. The van der Waals surface area contributed by atoms with E-state index in [2.05, 4.69) is 33.5 Å². The van der Waals surface area contributed by atoms with Gasteiger partial charge in [-0.25, -0.2) is 4.98 Å². The summed E-state index contributed by atoms with van der Waals surface area (Å²) < 4.78 is 5.28. The molecule has 20 heavy (non-hydrogen) atoms. The van der Waals surface area contributed by atoms with Gasteiger partial charge < -0.3 is 10.1 Å². The van der Waals surface area contributed by atoms with Crippen LogP contribution in [0.25, 0.3) is 10.9 Å². The third kappa shape index (κ3) is 2.40. The number of benzene rings is 1. The average Bonchev–Trinajstić information content (AvgIpc) is 2.53. The molecule has 3 rings (SSSR count). The summed E-state index contributed by atoms with van der Waals surface area (Å²) >= 11 is 0. The molecule has 0 spiro atoms. The van der Waals surface area contributed by atoms with E-state index in [1.54, 1.807) is 13.3 Å². The van der Waals surface area contributed by atoms with Crippen LogP contribution in [0.5, 0.6) is 5.75 Å². The van der Waals surface area contributed by atoms with Gasteiger partial charge in [-0.15, -0.1) is 0 Å². The van der Waals surface area contributed by atoms with E-state index in [-0.39, 0.29) is 0 Å². The third-order valence-electron chi connectivity index (χ3n) is 3.15. The Bertz CT molecular complexity index is 722. The molecule has 0 bridgehead atoms. The van der Waals surface area contributed by atoms with Crippen molar-refractivity contribution in [3.8, 4) is 5.75 Å². The average molecular weight is 265 g/mol. The lowest BCUT2D eigenvalue weighted by Crippen LogP contribution is -2.04. The number of nitrogens with zero attached hydrogens (tertiary/aromatic N) is 2. The van der Waals surface area contributed by atoms with Crippen molar-refractivity contribution < 1.29 is 4.74 Å². The van der Waals surface area contributed by atoms with Crippen LogP contribution in [0.2, 0.25) is 0 Å². The van der Waals surface area contributed by atoms with Crippen LogP contribution >= 0.6 is 0 Å². The number of hydrogen-bond donors (Lipinski definition) is 1. The van der Waals surface area contributed by atoms with E-state index in [0.29, 0.717) is 6.54 Å². The molecule has 0 fully saturated rings. The summed E-state index contributed by atoms with van der Waals surface area (Å²) in [5.41, 5.74) is 2.15. The number of pyridine rings is 2. The number of ether oxygens (including phenoxy) is 1. The number of hydrogen-bond acceptors (Lipinski definition) is 4. The number of nitrogens with one attached hydrogen (secondary N) is 1. The monoisotopic (exact) mass is 265 g/mol. The van der Waals surface area contributed by atoms with Crippen LogP contribution in [0.4, 0.5) is 5.82 Å². The first-order valence-corrected chi connectivity index (χ1v) is 6.44. The number of aromatic nitrogens is 2. The zero-order valence-corrected chi connectivity index (χ0v) is 11.2. The Morgan fingerprint density at radius 2 is 1.80 bits per heavy atom. The van der Waals surface area contributed by atoms with Crippen LogP contribution in [0, 0.1) is 0 Å². The molecular formula is C16H15N3O. The van der Waals surface area contributed by atoms with E-state index >= 15 is 0 Å². The highest BCUT2D eigenvalue weighted by Gasteiger charge is 2.05. The second-order valence-corrected chi connectivity index (χ2v) is 4.40. The summed E-state index contributed by atoms with van der Waals surface area (Å²) in [6.45, 7) is 0.654.